The minimum Gasteiger partial charge on any atom is -0.379 e. The van der Waals surface area contributed by atoms with Gasteiger partial charge in [-0.1, -0.05) is 13.8 Å². The highest BCUT2D eigenvalue weighted by Gasteiger charge is 2.30. The number of ether oxygens (including phenoxy) is 1. The van der Waals surface area contributed by atoms with Crippen molar-refractivity contribution < 1.29 is 4.74 Å². The molecule has 1 atom stereocenters. The van der Waals surface area contributed by atoms with Crippen LogP contribution in [0.15, 0.2) is 4.99 Å². The standard InChI is InChI=1S/C16H32N4O/c1-14(2)5-4-7-18-16(17-3)20-8-6-15(13-20)19-9-11-21-12-10-19/h14-15H,4-13H2,1-3H3,(H,17,18). The van der Waals surface area contributed by atoms with Gasteiger partial charge in [0.25, 0.3) is 0 Å². The zero-order chi connectivity index (χ0) is 15.1. The molecular formula is C16H32N4O. The summed E-state index contributed by atoms with van der Waals surface area (Å²) < 4.78 is 5.45. The van der Waals surface area contributed by atoms with Gasteiger partial charge in [0.1, 0.15) is 0 Å². The first kappa shape index (κ1) is 16.6. The minimum atomic E-state index is 0.670. The molecular weight excluding hydrogens is 264 g/mol. The van der Waals surface area contributed by atoms with Gasteiger partial charge in [-0.05, 0) is 25.2 Å². The van der Waals surface area contributed by atoms with E-state index in [-0.39, 0.29) is 0 Å². The van der Waals surface area contributed by atoms with Crippen LogP contribution in [0.25, 0.3) is 0 Å². The largest absolute Gasteiger partial charge is 0.379 e. The van der Waals surface area contributed by atoms with Gasteiger partial charge in [-0.3, -0.25) is 9.89 Å². The van der Waals surface area contributed by atoms with Gasteiger partial charge >= 0.3 is 0 Å². The van der Waals surface area contributed by atoms with E-state index in [0.29, 0.717) is 6.04 Å². The van der Waals surface area contributed by atoms with Crippen LogP contribution in [-0.4, -0.2) is 74.8 Å². The van der Waals surface area contributed by atoms with Crippen molar-refractivity contribution in [2.45, 2.75) is 39.2 Å². The topological polar surface area (TPSA) is 40.1 Å². The van der Waals surface area contributed by atoms with E-state index in [2.05, 4.69) is 34.0 Å². The summed E-state index contributed by atoms with van der Waals surface area (Å²) in [6.45, 7) is 11.7. The predicted molar refractivity (Wildman–Crippen MR) is 87.8 cm³/mol. The Balaban J connectivity index is 1.73. The molecule has 2 aliphatic rings. The molecule has 0 spiro atoms. The molecule has 2 heterocycles. The first-order valence-electron chi connectivity index (χ1n) is 8.48. The van der Waals surface area contributed by atoms with E-state index in [1.54, 1.807) is 0 Å². The fraction of sp³-hybridized carbons (Fsp3) is 0.938. The van der Waals surface area contributed by atoms with E-state index < -0.39 is 0 Å². The summed E-state index contributed by atoms with van der Waals surface area (Å²) in [7, 11) is 1.90. The summed E-state index contributed by atoms with van der Waals surface area (Å²) in [5.74, 6) is 1.86. The molecule has 0 radical (unpaired) electrons. The van der Waals surface area contributed by atoms with Crippen molar-refractivity contribution in [3.63, 3.8) is 0 Å². The van der Waals surface area contributed by atoms with E-state index in [1.165, 1.54) is 19.3 Å². The first-order valence-corrected chi connectivity index (χ1v) is 8.48. The van der Waals surface area contributed by atoms with Gasteiger partial charge in [-0.15, -0.1) is 0 Å². The van der Waals surface area contributed by atoms with Crippen LogP contribution in [0.3, 0.4) is 0 Å². The van der Waals surface area contributed by atoms with Crippen LogP contribution in [0.1, 0.15) is 33.1 Å². The van der Waals surface area contributed by atoms with Crippen LogP contribution in [0, 0.1) is 5.92 Å². The fourth-order valence-electron chi connectivity index (χ4n) is 3.22. The number of rotatable bonds is 5. The van der Waals surface area contributed by atoms with Gasteiger partial charge in [0.2, 0.25) is 0 Å². The summed E-state index contributed by atoms with van der Waals surface area (Å²) in [5, 5.41) is 3.52. The van der Waals surface area contributed by atoms with Crippen molar-refractivity contribution in [3.05, 3.63) is 0 Å². The van der Waals surface area contributed by atoms with Crippen molar-refractivity contribution in [2.75, 3.05) is 53.0 Å². The SMILES string of the molecule is CN=C(NCCCC(C)C)N1CCC(N2CCOCC2)C1. The molecule has 1 N–H and O–H groups in total. The second-order valence-electron chi connectivity index (χ2n) is 6.55. The average molecular weight is 296 g/mol. The van der Waals surface area contributed by atoms with Crippen LogP contribution < -0.4 is 5.32 Å². The molecule has 0 aliphatic carbocycles. The van der Waals surface area contributed by atoms with E-state index in [0.717, 1.165) is 57.8 Å². The van der Waals surface area contributed by atoms with Crippen molar-refractivity contribution in [1.82, 2.24) is 15.1 Å². The summed E-state index contributed by atoms with van der Waals surface area (Å²) in [6, 6.07) is 0.670. The molecule has 122 valence electrons. The molecule has 2 rings (SSSR count). The Morgan fingerprint density at radius 1 is 1.29 bits per heavy atom. The van der Waals surface area contributed by atoms with Crippen molar-refractivity contribution in [3.8, 4) is 0 Å². The number of morpholine rings is 1. The quantitative estimate of drug-likeness (QED) is 0.473. The Bertz CT molecular complexity index is 326. The smallest absolute Gasteiger partial charge is 0.193 e. The maximum Gasteiger partial charge on any atom is 0.193 e. The van der Waals surface area contributed by atoms with Crippen LogP contribution in [0.2, 0.25) is 0 Å². The number of likely N-dealkylation sites (tertiary alicyclic amines) is 1. The van der Waals surface area contributed by atoms with Crippen molar-refractivity contribution in [2.24, 2.45) is 10.9 Å². The lowest BCUT2D eigenvalue weighted by Crippen LogP contribution is -2.46. The number of hydrogen-bond donors (Lipinski definition) is 1. The second kappa shape index (κ2) is 8.59. The molecule has 0 aromatic rings. The molecule has 21 heavy (non-hydrogen) atoms. The predicted octanol–water partition coefficient (Wildman–Crippen LogP) is 1.40. The summed E-state index contributed by atoms with van der Waals surface area (Å²) in [6.07, 6.45) is 3.74. The Morgan fingerprint density at radius 3 is 2.71 bits per heavy atom. The lowest BCUT2D eigenvalue weighted by Gasteiger charge is -2.32. The molecule has 2 fully saturated rings. The maximum absolute atomic E-state index is 5.45. The molecule has 2 saturated heterocycles. The maximum atomic E-state index is 5.45. The molecule has 2 aliphatic heterocycles. The summed E-state index contributed by atoms with van der Waals surface area (Å²) in [4.78, 5) is 9.45. The van der Waals surface area contributed by atoms with Crippen molar-refractivity contribution in [1.29, 1.82) is 0 Å². The van der Waals surface area contributed by atoms with Gasteiger partial charge in [-0.2, -0.15) is 0 Å². The Morgan fingerprint density at radius 2 is 2.05 bits per heavy atom. The number of hydrogen-bond acceptors (Lipinski definition) is 3. The van der Waals surface area contributed by atoms with E-state index in [4.69, 9.17) is 4.74 Å². The Hall–Kier alpha value is -0.810. The zero-order valence-electron chi connectivity index (χ0n) is 14.0. The third kappa shape index (κ3) is 5.15. The number of nitrogens with zero attached hydrogens (tertiary/aromatic N) is 3. The second-order valence-corrected chi connectivity index (χ2v) is 6.55. The van der Waals surface area contributed by atoms with Gasteiger partial charge in [0.15, 0.2) is 5.96 Å². The van der Waals surface area contributed by atoms with E-state index in [1.807, 2.05) is 7.05 Å². The van der Waals surface area contributed by atoms with Crippen LogP contribution in [0.5, 0.6) is 0 Å². The Labute approximate surface area is 129 Å². The highest BCUT2D eigenvalue weighted by atomic mass is 16.5. The molecule has 5 heteroatoms. The molecule has 0 aromatic heterocycles. The zero-order valence-corrected chi connectivity index (χ0v) is 14.0. The number of guanidine groups is 1. The normalized spacial score (nSPS) is 24.9. The lowest BCUT2D eigenvalue weighted by atomic mass is 10.1. The third-order valence-electron chi connectivity index (χ3n) is 4.48. The highest BCUT2D eigenvalue weighted by Crippen LogP contribution is 2.17. The third-order valence-corrected chi connectivity index (χ3v) is 4.48. The van der Waals surface area contributed by atoms with E-state index in [9.17, 15) is 0 Å². The molecule has 1 unspecified atom stereocenters. The monoisotopic (exact) mass is 296 g/mol. The first-order chi connectivity index (χ1) is 10.2. The molecule has 0 bridgehead atoms. The van der Waals surface area contributed by atoms with Gasteiger partial charge in [0.05, 0.1) is 13.2 Å². The van der Waals surface area contributed by atoms with Crippen molar-refractivity contribution >= 4 is 5.96 Å². The minimum absolute atomic E-state index is 0.670. The summed E-state index contributed by atoms with van der Waals surface area (Å²) in [5.41, 5.74) is 0. The molecule has 0 amide bonds. The van der Waals surface area contributed by atoms with Crippen LogP contribution in [-0.2, 0) is 4.74 Å². The van der Waals surface area contributed by atoms with Crippen LogP contribution >= 0.6 is 0 Å². The van der Waals surface area contributed by atoms with Gasteiger partial charge < -0.3 is 15.0 Å². The fourth-order valence-corrected chi connectivity index (χ4v) is 3.22. The van der Waals surface area contributed by atoms with Gasteiger partial charge in [-0.25, -0.2) is 0 Å². The number of nitrogens with one attached hydrogen (secondary N) is 1. The highest BCUT2D eigenvalue weighted by molar-refractivity contribution is 5.80. The molecule has 0 aromatic carbocycles. The van der Waals surface area contributed by atoms with E-state index >= 15 is 0 Å². The average Bonchev–Trinajstić information content (AvgIpc) is 2.98. The molecule has 5 nitrogen and oxygen atoms in total. The lowest BCUT2D eigenvalue weighted by molar-refractivity contribution is 0.0195. The van der Waals surface area contributed by atoms with Crippen LogP contribution in [0.4, 0.5) is 0 Å². The van der Waals surface area contributed by atoms with Gasteiger partial charge in [0, 0.05) is 45.8 Å². The summed E-state index contributed by atoms with van der Waals surface area (Å²) >= 11 is 0. The Kier molecular flexibility index (Phi) is 6.77. The number of aliphatic imine (C=N–C) groups is 1. The molecule has 0 saturated carbocycles.